The zero-order valence-electron chi connectivity index (χ0n) is 9.45. The topological polar surface area (TPSA) is 24.9 Å². The van der Waals surface area contributed by atoms with Crippen molar-refractivity contribution in [1.82, 2.24) is 10.3 Å². The molecular formula is C13H20N2. The summed E-state index contributed by atoms with van der Waals surface area (Å²) in [4.78, 5) is 4.42. The molecule has 2 heteroatoms. The molecule has 0 saturated heterocycles. The second-order valence-electron chi connectivity index (χ2n) is 4.53. The average Bonchev–Trinajstić information content (AvgIpc) is 2.68. The van der Waals surface area contributed by atoms with Crippen LogP contribution < -0.4 is 5.32 Å². The van der Waals surface area contributed by atoms with Crippen LogP contribution in [-0.4, -0.2) is 18.6 Å². The minimum Gasteiger partial charge on any atom is -0.319 e. The van der Waals surface area contributed by atoms with Gasteiger partial charge in [-0.1, -0.05) is 12.5 Å². The normalized spacial score (nSPS) is 25.7. The SMILES string of the molecule is CNCC1CCCC1Cc1ccccn1. The van der Waals surface area contributed by atoms with Gasteiger partial charge in [0, 0.05) is 11.9 Å². The fraction of sp³-hybridized carbons (Fsp3) is 0.615. The lowest BCUT2D eigenvalue weighted by atomic mass is 9.91. The van der Waals surface area contributed by atoms with Gasteiger partial charge in [0.05, 0.1) is 0 Å². The van der Waals surface area contributed by atoms with Gasteiger partial charge in [-0.2, -0.15) is 0 Å². The number of hydrogen-bond acceptors (Lipinski definition) is 2. The van der Waals surface area contributed by atoms with Crippen molar-refractivity contribution in [2.75, 3.05) is 13.6 Å². The first-order valence-electron chi connectivity index (χ1n) is 5.94. The highest BCUT2D eigenvalue weighted by Gasteiger charge is 2.26. The molecule has 0 amide bonds. The summed E-state index contributed by atoms with van der Waals surface area (Å²) in [6.07, 6.45) is 7.22. The standard InChI is InChI=1S/C13H20N2/c1-14-10-12-6-4-5-11(12)9-13-7-2-3-8-15-13/h2-3,7-8,11-12,14H,4-6,9-10H2,1H3. The summed E-state index contributed by atoms with van der Waals surface area (Å²) >= 11 is 0. The first-order chi connectivity index (χ1) is 7.40. The van der Waals surface area contributed by atoms with Crippen LogP contribution in [0.4, 0.5) is 0 Å². The third-order valence-corrected chi connectivity index (χ3v) is 3.48. The Labute approximate surface area is 92.1 Å². The van der Waals surface area contributed by atoms with E-state index in [0.29, 0.717) is 0 Å². The van der Waals surface area contributed by atoms with Crippen LogP contribution in [0.2, 0.25) is 0 Å². The highest BCUT2D eigenvalue weighted by atomic mass is 14.8. The maximum atomic E-state index is 4.42. The van der Waals surface area contributed by atoms with Crippen LogP contribution in [0, 0.1) is 11.8 Å². The van der Waals surface area contributed by atoms with Gasteiger partial charge in [-0.25, -0.2) is 0 Å². The lowest BCUT2D eigenvalue weighted by Gasteiger charge is -2.18. The first-order valence-corrected chi connectivity index (χ1v) is 5.94. The lowest BCUT2D eigenvalue weighted by molar-refractivity contribution is 0.372. The van der Waals surface area contributed by atoms with Gasteiger partial charge in [0.15, 0.2) is 0 Å². The van der Waals surface area contributed by atoms with Crippen molar-refractivity contribution in [1.29, 1.82) is 0 Å². The summed E-state index contributed by atoms with van der Waals surface area (Å²) in [5.74, 6) is 1.70. The third-order valence-electron chi connectivity index (χ3n) is 3.48. The maximum Gasteiger partial charge on any atom is 0.0406 e. The largest absolute Gasteiger partial charge is 0.319 e. The van der Waals surface area contributed by atoms with Gasteiger partial charge in [-0.05, 0) is 56.8 Å². The predicted octanol–water partition coefficient (Wildman–Crippen LogP) is 2.26. The Morgan fingerprint density at radius 2 is 2.20 bits per heavy atom. The summed E-state index contributed by atoms with van der Waals surface area (Å²) in [5.41, 5.74) is 1.26. The summed E-state index contributed by atoms with van der Waals surface area (Å²) in [5, 5.41) is 3.30. The second-order valence-corrected chi connectivity index (χ2v) is 4.53. The van der Waals surface area contributed by atoms with Crippen LogP contribution in [0.15, 0.2) is 24.4 Å². The quantitative estimate of drug-likeness (QED) is 0.813. The van der Waals surface area contributed by atoms with Gasteiger partial charge in [0.1, 0.15) is 0 Å². The predicted molar refractivity (Wildman–Crippen MR) is 62.7 cm³/mol. The van der Waals surface area contributed by atoms with E-state index in [1.54, 1.807) is 0 Å². The molecule has 82 valence electrons. The molecule has 0 aliphatic heterocycles. The molecule has 1 N–H and O–H groups in total. The molecule has 2 nitrogen and oxygen atoms in total. The Kier molecular flexibility index (Phi) is 3.73. The van der Waals surface area contributed by atoms with Crippen LogP contribution in [-0.2, 0) is 6.42 Å². The molecule has 0 radical (unpaired) electrons. The zero-order valence-corrected chi connectivity index (χ0v) is 9.45. The summed E-state index contributed by atoms with van der Waals surface area (Å²) in [6.45, 7) is 1.16. The van der Waals surface area contributed by atoms with Crippen molar-refractivity contribution >= 4 is 0 Å². The van der Waals surface area contributed by atoms with Crippen LogP contribution in [0.5, 0.6) is 0 Å². The minimum atomic E-state index is 0.840. The average molecular weight is 204 g/mol. The van der Waals surface area contributed by atoms with Gasteiger partial charge < -0.3 is 5.32 Å². The number of pyridine rings is 1. The molecule has 1 aliphatic carbocycles. The molecule has 2 atom stereocenters. The maximum absolute atomic E-state index is 4.42. The highest BCUT2D eigenvalue weighted by molar-refractivity contribution is 5.05. The van der Waals surface area contributed by atoms with Crippen molar-refractivity contribution in [3.8, 4) is 0 Å². The smallest absolute Gasteiger partial charge is 0.0406 e. The van der Waals surface area contributed by atoms with Crippen LogP contribution in [0.3, 0.4) is 0 Å². The fourth-order valence-corrected chi connectivity index (χ4v) is 2.70. The van der Waals surface area contributed by atoms with Crippen LogP contribution in [0.1, 0.15) is 25.0 Å². The zero-order chi connectivity index (χ0) is 10.5. The van der Waals surface area contributed by atoms with Crippen molar-refractivity contribution in [2.45, 2.75) is 25.7 Å². The lowest BCUT2D eigenvalue weighted by Crippen LogP contribution is -2.23. The van der Waals surface area contributed by atoms with Crippen molar-refractivity contribution < 1.29 is 0 Å². The molecule has 1 aliphatic rings. The van der Waals surface area contributed by atoms with Gasteiger partial charge in [0.25, 0.3) is 0 Å². The fourth-order valence-electron chi connectivity index (χ4n) is 2.70. The number of nitrogens with one attached hydrogen (secondary N) is 1. The van der Waals surface area contributed by atoms with E-state index in [4.69, 9.17) is 0 Å². The number of hydrogen-bond donors (Lipinski definition) is 1. The molecule has 2 unspecified atom stereocenters. The molecule has 15 heavy (non-hydrogen) atoms. The van der Waals surface area contributed by atoms with E-state index in [2.05, 4.69) is 29.5 Å². The molecule has 1 saturated carbocycles. The van der Waals surface area contributed by atoms with E-state index in [1.807, 2.05) is 12.3 Å². The molecule has 0 bridgehead atoms. The minimum absolute atomic E-state index is 0.840. The van der Waals surface area contributed by atoms with Gasteiger partial charge in [-0.15, -0.1) is 0 Å². The van der Waals surface area contributed by atoms with E-state index >= 15 is 0 Å². The third kappa shape index (κ3) is 2.78. The molecule has 1 aromatic heterocycles. The van der Waals surface area contributed by atoms with Gasteiger partial charge in [-0.3, -0.25) is 4.98 Å². The summed E-state index contributed by atoms with van der Waals surface area (Å²) in [7, 11) is 2.05. The van der Waals surface area contributed by atoms with E-state index < -0.39 is 0 Å². The van der Waals surface area contributed by atoms with E-state index in [-0.39, 0.29) is 0 Å². The van der Waals surface area contributed by atoms with E-state index in [9.17, 15) is 0 Å². The Balaban J connectivity index is 1.93. The van der Waals surface area contributed by atoms with Crippen molar-refractivity contribution in [3.63, 3.8) is 0 Å². The summed E-state index contributed by atoms with van der Waals surface area (Å²) in [6, 6.07) is 6.22. The van der Waals surface area contributed by atoms with Crippen LogP contribution >= 0.6 is 0 Å². The van der Waals surface area contributed by atoms with Crippen LogP contribution in [0.25, 0.3) is 0 Å². The molecule has 1 heterocycles. The monoisotopic (exact) mass is 204 g/mol. The molecule has 1 fully saturated rings. The Morgan fingerprint density at radius 3 is 2.93 bits per heavy atom. The number of rotatable bonds is 4. The Morgan fingerprint density at radius 1 is 1.33 bits per heavy atom. The van der Waals surface area contributed by atoms with Crippen molar-refractivity contribution in [3.05, 3.63) is 30.1 Å². The van der Waals surface area contributed by atoms with E-state index in [0.717, 1.165) is 24.8 Å². The highest BCUT2D eigenvalue weighted by Crippen LogP contribution is 2.33. The van der Waals surface area contributed by atoms with Gasteiger partial charge >= 0.3 is 0 Å². The summed E-state index contributed by atoms with van der Waals surface area (Å²) < 4.78 is 0. The molecule has 1 aromatic rings. The van der Waals surface area contributed by atoms with Gasteiger partial charge in [0.2, 0.25) is 0 Å². The Hall–Kier alpha value is -0.890. The first kappa shape index (κ1) is 10.6. The second kappa shape index (κ2) is 5.26. The van der Waals surface area contributed by atoms with Crippen molar-refractivity contribution in [2.24, 2.45) is 11.8 Å². The number of nitrogens with zero attached hydrogens (tertiary/aromatic N) is 1. The van der Waals surface area contributed by atoms with E-state index in [1.165, 1.54) is 25.0 Å². The molecule has 0 aromatic carbocycles. The molecule has 2 rings (SSSR count). The molecular weight excluding hydrogens is 184 g/mol. The number of aromatic nitrogens is 1. The Bertz CT molecular complexity index is 284. The molecule has 0 spiro atoms.